The van der Waals surface area contributed by atoms with Crippen LogP contribution in [0.3, 0.4) is 0 Å². The molecule has 0 heterocycles. The lowest BCUT2D eigenvalue weighted by atomic mass is 10.1. The molecule has 3 aromatic carbocycles. The topological polar surface area (TPSA) is 51.2 Å². The van der Waals surface area contributed by atoms with Gasteiger partial charge in [0.05, 0.1) is 31.2 Å². The first-order valence-corrected chi connectivity index (χ1v) is 11.6. The van der Waals surface area contributed by atoms with Crippen LogP contribution in [-0.4, -0.2) is 11.0 Å². The normalized spacial score (nSPS) is 13.0. The Labute approximate surface area is 187 Å². The number of halogens is 4. The molecule has 0 N–H and O–H groups in total. The van der Waals surface area contributed by atoms with Crippen molar-refractivity contribution in [3.8, 4) is 0 Å². The summed E-state index contributed by atoms with van der Waals surface area (Å²) in [7, 11) is -4.44. The molecular weight excluding hydrogens is 473 g/mol. The summed E-state index contributed by atoms with van der Waals surface area (Å²) in [5, 5.41) is 0.0666. The summed E-state index contributed by atoms with van der Waals surface area (Å²) in [6, 6.07) is 15.2. The summed E-state index contributed by atoms with van der Waals surface area (Å²) in [6.45, 7) is 1.68. The van der Waals surface area contributed by atoms with Gasteiger partial charge < -0.3 is 4.57 Å². The fourth-order valence-electron chi connectivity index (χ4n) is 2.83. The number of aryl methyl sites for hydroxylation is 1. The number of benzene rings is 3. The van der Waals surface area contributed by atoms with Gasteiger partial charge in [-0.2, -0.15) is 0 Å². The Morgan fingerprint density at radius 1 is 0.690 bits per heavy atom. The second-order valence-electron chi connectivity index (χ2n) is 6.21. The van der Waals surface area contributed by atoms with Crippen molar-refractivity contribution >= 4 is 69.9 Å². The molecule has 29 heavy (non-hydrogen) atoms. The van der Waals surface area contributed by atoms with Crippen molar-refractivity contribution < 1.29 is 14.2 Å². The van der Waals surface area contributed by atoms with E-state index in [1.807, 2.05) is 0 Å². The minimum atomic E-state index is -4.44. The van der Waals surface area contributed by atoms with Crippen LogP contribution in [0.5, 0.6) is 0 Å². The highest BCUT2D eigenvalue weighted by Crippen LogP contribution is 2.54. The van der Waals surface area contributed by atoms with Crippen LogP contribution in [0.15, 0.2) is 60.7 Å². The van der Waals surface area contributed by atoms with Crippen molar-refractivity contribution in [1.29, 1.82) is 0 Å². The van der Waals surface area contributed by atoms with Crippen molar-refractivity contribution in [2.75, 3.05) is 0 Å². The summed E-state index contributed by atoms with van der Waals surface area (Å²) >= 11 is 24.9. The molecule has 1 unspecified atom stereocenters. The molecule has 0 bridgehead atoms. The van der Waals surface area contributed by atoms with Crippen LogP contribution in [0.2, 0.25) is 20.1 Å². The van der Waals surface area contributed by atoms with Gasteiger partial charge in [0.15, 0.2) is 0 Å². The lowest BCUT2D eigenvalue weighted by molar-refractivity contribution is 0.104. The van der Waals surface area contributed by atoms with E-state index < -0.39 is 18.2 Å². The van der Waals surface area contributed by atoms with Crippen molar-refractivity contribution in [2.24, 2.45) is 0 Å². The zero-order valence-electron chi connectivity index (χ0n) is 15.0. The molecule has 3 rings (SSSR count). The molecule has 0 radical (unpaired) electrons. The zero-order valence-corrected chi connectivity index (χ0v) is 18.9. The van der Waals surface area contributed by atoms with Gasteiger partial charge in [0.2, 0.25) is 18.2 Å². The van der Waals surface area contributed by atoms with E-state index in [4.69, 9.17) is 46.4 Å². The van der Waals surface area contributed by atoms with E-state index in [-0.39, 0.29) is 36.5 Å². The number of hydrogen-bond acceptors (Lipinski definition) is 3. The van der Waals surface area contributed by atoms with E-state index in [1.54, 1.807) is 37.3 Å². The maximum Gasteiger partial charge on any atom is 0.248 e. The van der Waals surface area contributed by atoms with E-state index >= 15 is 0 Å². The zero-order chi connectivity index (χ0) is 21.3. The molecule has 1 atom stereocenters. The first-order valence-electron chi connectivity index (χ1n) is 8.33. The molecule has 0 fully saturated rings. The maximum absolute atomic E-state index is 14.2. The monoisotopic (exact) mass is 484 g/mol. The van der Waals surface area contributed by atoms with Crippen LogP contribution >= 0.6 is 53.5 Å². The van der Waals surface area contributed by atoms with Crippen molar-refractivity contribution in [1.82, 2.24) is 0 Å². The highest BCUT2D eigenvalue weighted by atomic mass is 35.5. The van der Waals surface area contributed by atoms with Gasteiger partial charge in [-0.1, -0.05) is 88.9 Å². The Morgan fingerprint density at radius 2 is 1.21 bits per heavy atom. The van der Waals surface area contributed by atoms with Gasteiger partial charge in [0, 0.05) is 5.30 Å². The lowest BCUT2D eigenvalue weighted by Gasteiger charge is -2.19. The van der Waals surface area contributed by atoms with Gasteiger partial charge in [0.25, 0.3) is 0 Å². The van der Waals surface area contributed by atoms with Crippen molar-refractivity contribution in [3.63, 3.8) is 0 Å². The van der Waals surface area contributed by atoms with Crippen molar-refractivity contribution in [2.45, 2.75) is 6.92 Å². The fourth-order valence-corrected chi connectivity index (χ4v) is 6.56. The Morgan fingerprint density at radius 3 is 1.79 bits per heavy atom. The largest absolute Gasteiger partial charge is 0.302 e. The molecule has 8 heteroatoms. The second-order valence-corrected chi connectivity index (χ2v) is 10.4. The Balaban J connectivity index is 2.33. The van der Waals surface area contributed by atoms with Gasteiger partial charge >= 0.3 is 0 Å². The molecule has 0 aliphatic carbocycles. The summed E-state index contributed by atoms with van der Waals surface area (Å²) in [5.41, 5.74) is -1.74. The summed E-state index contributed by atoms with van der Waals surface area (Å²) in [4.78, 5) is 27.1. The molecule has 3 aromatic rings. The van der Waals surface area contributed by atoms with Gasteiger partial charge in [0.1, 0.15) is 0 Å². The first kappa shape index (κ1) is 22.1. The highest BCUT2D eigenvalue weighted by Gasteiger charge is 2.45. The van der Waals surface area contributed by atoms with Gasteiger partial charge in [-0.05, 0) is 30.7 Å². The minimum Gasteiger partial charge on any atom is -0.302 e. The second kappa shape index (κ2) is 8.63. The van der Waals surface area contributed by atoms with E-state index in [2.05, 4.69) is 0 Å². The average molecular weight is 486 g/mol. The number of rotatable bonds is 5. The Hall–Kier alpha value is -1.61. The fraction of sp³-hybridized carbons (Fsp3) is 0.0476. The number of carbonyl (C=O) groups excluding carboxylic acids is 2. The van der Waals surface area contributed by atoms with E-state index in [9.17, 15) is 14.2 Å². The number of hydrogen-bond donors (Lipinski definition) is 0. The van der Waals surface area contributed by atoms with Crippen molar-refractivity contribution in [3.05, 3.63) is 97.4 Å². The smallest absolute Gasteiger partial charge is 0.248 e. The standard InChI is InChI=1S/C21H13Cl4O3P/c1-12-10-11-16(24)18(19(12)25)21(27)29(28,13-6-3-2-4-7-13)20(26)17-14(22)8-5-9-15(17)23/h2-11H,1H3. The molecule has 148 valence electrons. The van der Waals surface area contributed by atoms with Gasteiger partial charge in [-0.25, -0.2) is 0 Å². The Bertz CT molecular complexity index is 1160. The predicted molar refractivity (Wildman–Crippen MR) is 120 cm³/mol. The maximum atomic E-state index is 14.2. The summed E-state index contributed by atoms with van der Waals surface area (Å²) in [6.07, 6.45) is 0. The molecular formula is C21H13Cl4O3P. The third kappa shape index (κ3) is 3.91. The number of carbonyl (C=O) groups is 2. The van der Waals surface area contributed by atoms with Crippen LogP contribution < -0.4 is 5.30 Å². The molecule has 0 spiro atoms. The Kier molecular flexibility index (Phi) is 6.57. The molecule has 0 saturated heterocycles. The molecule has 0 amide bonds. The van der Waals surface area contributed by atoms with E-state index in [0.29, 0.717) is 5.56 Å². The van der Waals surface area contributed by atoms with Crippen LogP contribution in [0.25, 0.3) is 0 Å². The average Bonchev–Trinajstić information content (AvgIpc) is 2.70. The third-order valence-corrected chi connectivity index (χ3v) is 8.42. The van der Waals surface area contributed by atoms with E-state index in [0.717, 1.165) is 0 Å². The minimum absolute atomic E-state index is 0.000174. The molecule has 0 aliphatic heterocycles. The molecule has 0 aromatic heterocycles. The van der Waals surface area contributed by atoms with E-state index in [1.165, 1.54) is 30.3 Å². The van der Waals surface area contributed by atoms with Gasteiger partial charge in [-0.3, -0.25) is 9.59 Å². The third-order valence-electron chi connectivity index (χ3n) is 4.37. The summed E-state index contributed by atoms with van der Waals surface area (Å²) < 4.78 is 14.2. The molecule has 0 aliphatic rings. The highest BCUT2D eigenvalue weighted by molar-refractivity contribution is 8.01. The quantitative estimate of drug-likeness (QED) is 0.357. The molecule has 0 saturated carbocycles. The SMILES string of the molecule is Cc1ccc(Cl)c(C(=O)P(=O)(C(=O)c2c(Cl)cccc2Cl)c2ccccc2)c1Cl. The van der Waals surface area contributed by atoms with Gasteiger partial charge in [-0.15, -0.1) is 0 Å². The first-order chi connectivity index (χ1) is 13.7. The lowest BCUT2D eigenvalue weighted by Crippen LogP contribution is -2.21. The van der Waals surface area contributed by atoms with Crippen LogP contribution in [0.1, 0.15) is 26.3 Å². The van der Waals surface area contributed by atoms with Crippen LogP contribution in [0.4, 0.5) is 0 Å². The summed E-state index contributed by atoms with van der Waals surface area (Å²) in [5.74, 6) is 0. The van der Waals surface area contributed by atoms with Crippen LogP contribution in [-0.2, 0) is 4.57 Å². The van der Waals surface area contributed by atoms with Crippen LogP contribution in [0, 0.1) is 6.92 Å². The molecule has 3 nitrogen and oxygen atoms in total. The predicted octanol–water partition coefficient (Wildman–Crippen LogP) is 7.28.